The lowest BCUT2D eigenvalue weighted by atomic mass is 9.91. The van der Waals surface area contributed by atoms with Crippen LogP contribution in [0.15, 0.2) is 48.0 Å². The molecule has 0 spiro atoms. The first-order chi connectivity index (χ1) is 15.6. The second-order valence-corrected chi connectivity index (χ2v) is 8.34. The van der Waals surface area contributed by atoms with Crippen LogP contribution in [0.4, 0.5) is 0 Å². The van der Waals surface area contributed by atoms with E-state index in [-0.39, 0.29) is 24.2 Å². The molecule has 7 nitrogen and oxygen atoms in total. The number of rotatable bonds is 4. The molecule has 0 radical (unpaired) electrons. The minimum absolute atomic E-state index is 0.0431. The molecular formula is C25H25NO6. The van der Waals surface area contributed by atoms with Gasteiger partial charge in [-0.05, 0) is 48.7 Å². The quantitative estimate of drug-likeness (QED) is 0.441. The van der Waals surface area contributed by atoms with Crippen molar-refractivity contribution >= 4 is 17.4 Å². The molecule has 1 amide bonds. The summed E-state index contributed by atoms with van der Waals surface area (Å²) in [6.45, 7) is 0.107. The number of methoxy groups -OCH3 is 1. The maximum atomic E-state index is 13.2. The average molecular weight is 435 g/mol. The minimum Gasteiger partial charge on any atom is -0.507 e. The van der Waals surface area contributed by atoms with Gasteiger partial charge in [0.15, 0.2) is 11.5 Å². The topological polar surface area (TPSA) is 85.3 Å². The fourth-order valence-corrected chi connectivity index (χ4v) is 4.92. The number of aliphatic hydroxyl groups is 1. The molecule has 1 N–H and O–H groups in total. The fraction of sp³-hybridized carbons (Fsp3) is 0.360. The Hall–Kier alpha value is -3.48. The number of carbonyl (C=O) groups excluding carboxylic acids is 2. The maximum Gasteiger partial charge on any atom is 0.295 e. The fourth-order valence-electron chi connectivity index (χ4n) is 4.92. The van der Waals surface area contributed by atoms with Gasteiger partial charge in [-0.1, -0.05) is 31.4 Å². The summed E-state index contributed by atoms with van der Waals surface area (Å²) in [6.07, 6.45) is 4.85. The van der Waals surface area contributed by atoms with Gasteiger partial charge < -0.3 is 24.2 Å². The molecule has 1 aliphatic carbocycles. The zero-order chi connectivity index (χ0) is 22.2. The number of Topliss-reactive ketones (excluding diaryl/α,β-unsaturated/α-hetero) is 1. The molecule has 1 atom stereocenters. The van der Waals surface area contributed by atoms with Gasteiger partial charge in [-0.15, -0.1) is 0 Å². The first kappa shape index (κ1) is 20.4. The molecule has 7 heteroatoms. The van der Waals surface area contributed by atoms with Gasteiger partial charge in [0.05, 0.1) is 18.7 Å². The SMILES string of the molecule is COc1cccc(C2/C(=C(/O)c3ccc4c(c3)OCO4)C(=O)C(=O)N2C2CCCCC2)c1. The largest absolute Gasteiger partial charge is 0.507 e. The molecule has 1 unspecified atom stereocenters. The van der Waals surface area contributed by atoms with Crippen molar-refractivity contribution in [1.82, 2.24) is 4.90 Å². The smallest absolute Gasteiger partial charge is 0.295 e. The third-order valence-corrected chi connectivity index (χ3v) is 6.50. The second-order valence-electron chi connectivity index (χ2n) is 8.34. The summed E-state index contributed by atoms with van der Waals surface area (Å²) < 4.78 is 16.2. The van der Waals surface area contributed by atoms with Gasteiger partial charge in [-0.2, -0.15) is 0 Å². The summed E-state index contributed by atoms with van der Waals surface area (Å²) in [4.78, 5) is 28.2. The Morgan fingerprint density at radius 3 is 2.59 bits per heavy atom. The number of fused-ring (bicyclic) bond motifs is 1. The van der Waals surface area contributed by atoms with Crippen LogP contribution in [0.1, 0.15) is 49.3 Å². The van der Waals surface area contributed by atoms with Crippen LogP contribution >= 0.6 is 0 Å². The summed E-state index contributed by atoms with van der Waals surface area (Å²) in [5, 5.41) is 11.3. The van der Waals surface area contributed by atoms with Gasteiger partial charge in [0, 0.05) is 11.6 Å². The lowest BCUT2D eigenvalue weighted by Crippen LogP contribution is -2.40. The average Bonchev–Trinajstić information content (AvgIpc) is 3.41. The van der Waals surface area contributed by atoms with Crippen LogP contribution in [0.2, 0.25) is 0 Å². The third kappa shape index (κ3) is 3.38. The molecule has 32 heavy (non-hydrogen) atoms. The van der Waals surface area contributed by atoms with Crippen LogP contribution in [0.5, 0.6) is 17.2 Å². The van der Waals surface area contributed by atoms with E-state index < -0.39 is 17.7 Å². The zero-order valence-corrected chi connectivity index (χ0v) is 17.9. The molecule has 1 saturated carbocycles. The van der Waals surface area contributed by atoms with Crippen LogP contribution < -0.4 is 14.2 Å². The Bertz CT molecular complexity index is 1100. The van der Waals surface area contributed by atoms with E-state index in [0.717, 1.165) is 37.7 Å². The molecule has 166 valence electrons. The number of ketones is 1. The van der Waals surface area contributed by atoms with Crippen LogP contribution in [0, 0.1) is 0 Å². The van der Waals surface area contributed by atoms with E-state index in [4.69, 9.17) is 14.2 Å². The van der Waals surface area contributed by atoms with Crippen LogP contribution in [-0.4, -0.2) is 41.6 Å². The van der Waals surface area contributed by atoms with Gasteiger partial charge >= 0.3 is 0 Å². The predicted molar refractivity (Wildman–Crippen MR) is 117 cm³/mol. The van der Waals surface area contributed by atoms with Crippen molar-refractivity contribution in [3.8, 4) is 17.2 Å². The number of amides is 1. The van der Waals surface area contributed by atoms with E-state index in [9.17, 15) is 14.7 Å². The third-order valence-electron chi connectivity index (χ3n) is 6.50. The molecule has 2 heterocycles. The van der Waals surface area contributed by atoms with Crippen LogP contribution in [0.3, 0.4) is 0 Å². The van der Waals surface area contributed by atoms with Crippen molar-refractivity contribution in [2.24, 2.45) is 0 Å². The van der Waals surface area contributed by atoms with Gasteiger partial charge in [-0.3, -0.25) is 9.59 Å². The van der Waals surface area contributed by atoms with Crippen LogP contribution in [0.25, 0.3) is 5.76 Å². The summed E-state index contributed by atoms with van der Waals surface area (Å²) in [5.74, 6) is 0.250. The number of ether oxygens (including phenoxy) is 3. The highest BCUT2D eigenvalue weighted by Gasteiger charge is 2.49. The minimum atomic E-state index is -0.682. The van der Waals surface area contributed by atoms with Crippen molar-refractivity contribution in [3.63, 3.8) is 0 Å². The number of aliphatic hydroxyl groups excluding tert-OH is 1. The lowest BCUT2D eigenvalue weighted by Gasteiger charge is -2.35. The highest BCUT2D eigenvalue weighted by Crippen LogP contribution is 2.44. The van der Waals surface area contributed by atoms with E-state index in [1.807, 2.05) is 24.3 Å². The molecule has 0 bridgehead atoms. The van der Waals surface area contributed by atoms with E-state index in [2.05, 4.69) is 0 Å². The highest BCUT2D eigenvalue weighted by molar-refractivity contribution is 6.46. The summed E-state index contributed by atoms with van der Waals surface area (Å²) >= 11 is 0. The molecule has 2 aliphatic heterocycles. The van der Waals surface area contributed by atoms with Crippen molar-refractivity contribution in [1.29, 1.82) is 0 Å². The van der Waals surface area contributed by atoms with E-state index in [1.165, 1.54) is 0 Å². The number of nitrogens with zero attached hydrogens (tertiary/aromatic N) is 1. The van der Waals surface area contributed by atoms with Gasteiger partial charge in [0.2, 0.25) is 6.79 Å². The van der Waals surface area contributed by atoms with Gasteiger partial charge in [0.25, 0.3) is 11.7 Å². The molecular weight excluding hydrogens is 410 g/mol. The van der Waals surface area contributed by atoms with Gasteiger partial charge in [-0.25, -0.2) is 0 Å². The Morgan fingerprint density at radius 2 is 1.81 bits per heavy atom. The normalized spacial score (nSPS) is 22.4. The first-order valence-corrected chi connectivity index (χ1v) is 10.9. The van der Waals surface area contributed by atoms with Crippen molar-refractivity contribution in [3.05, 3.63) is 59.2 Å². The zero-order valence-electron chi connectivity index (χ0n) is 17.9. The van der Waals surface area contributed by atoms with Crippen molar-refractivity contribution < 1.29 is 28.9 Å². The standard InChI is InChI=1S/C25H25NO6/c1-30-18-9-5-6-15(12-18)22-21(23(27)16-10-11-19-20(13-16)32-14-31-19)24(28)25(29)26(22)17-7-3-2-4-8-17/h5-6,9-13,17,22,27H,2-4,7-8,14H2,1H3/b23-21-. The Balaban J connectivity index is 1.65. The number of hydrogen-bond donors (Lipinski definition) is 1. The molecule has 0 aromatic heterocycles. The summed E-state index contributed by atoms with van der Waals surface area (Å²) in [6, 6.07) is 11.6. The van der Waals surface area contributed by atoms with Crippen molar-refractivity contribution in [2.45, 2.75) is 44.2 Å². The number of hydrogen-bond acceptors (Lipinski definition) is 6. The molecule has 1 saturated heterocycles. The van der Waals surface area contributed by atoms with E-state index in [1.54, 1.807) is 30.2 Å². The highest BCUT2D eigenvalue weighted by atomic mass is 16.7. The Labute approximate surface area is 186 Å². The van der Waals surface area contributed by atoms with Gasteiger partial charge in [0.1, 0.15) is 11.5 Å². The molecule has 3 aliphatic rings. The first-order valence-electron chi connectivity index (χ1n) is 10.9. The lowest BCUT2D eigenvalue weighted by molar-refractivity contribution is -0.141. The number of likely N-dealkylation sites (tertiary alicyclic amines) is 1. The Morgan fingerprint density at radius 1 is 1.03 bits per heavy atom. The molecule has 2 aromatic rings. The second kappa shape index (κ2) is 8.22. The molecule has 2 fully saturated rings. The molecule has 5 rings (SSSR count). The maximum absolute atomic E-state index is 13.2. The van der Waals surface area contributed by atoms with E-state index in [0.29, 0.717) is 22.8 Å². The summed E-state index contributed by atoms with van der Waals surface area (Å²) in [5.41, 5.74) is 1.23. The van der Waals surface area contributed by atoms with Crippen LogP contribution in [-0.2, 0) is 9.59 Å². The molecule has 2 aromatic carbocycles. The monoisotopic (exact) mass is 435 g/mol. The number of benzene rings is 2. The summed E-state index contributed by atoms with van der Waals surface area (Å²) in [7, 11) is 1.57. The Kier molecular flexibility index (Phi) is 5.25. The van der Waals surface area contributed by atoms with E-state index >= 15 is 0 Å². The predicted octanol–water partition coefficient (Wildman–Crippen LogP) is 4.18. The van der Waals surface area contributed by atoms with Crippen molar-refractivity contribution in [2.75, 3.05) is 13.9 Å². The number of carbonyl (C=O) groups is 2.